The van der Waals surface area contributed by atoms with E-state index in [0.717, 1.165) is 0 Å². The summed E-state index contributed by atoms with van der Waals surface area (Å²) in [7, 11) is -1.73. The maximum atomic E-state index is 11.8. The van der Waals surface area contributed by atoms with Gasteiger partial charge in [0, 0.05) is 25.9 Å². The van der Waals surface area contributed by atoms with Crippen molar-refractivity contribution in [3.05, 3.63) is 29.8 Å². The minimum Gasteiger partial charge on any atom is -0.399 e. The molecule has 0 fully saturated rings. The molecular formula is C12H20N2O3S. The highest BCUT2D eigenvalue weighted by molar-refractivity contribution is 7.88. The lowest BCUT2D eigenvalue weighted by molar-refractivity contribution is 0.161. The topological polar surface area (TPSA) is 81.4 Å². The Balaban J connectivity index is 2.54. The molecule has 0 aliphatic carbocycles. The van der Waals surface area contributed by atoms with Gasteiger partial charge in [-0.25, -0.2) is 13.1 Å². The highest BCUT2D eigenvalue weighted by Crippen LogP contribution is 2.09. The van der Waals surface area contributed by atoms with Crippen LogP contribution < -0.4 is 10.5 Å². The summed E-state index contributed by atoms with van der Waals surface area (Å²) >= 11 is 0. The Bertz CT molecular complexity index is 474. The zero-order valence-electron chi connectivity index (χ0n) is 10.7. The molecule has 1 unspecified atom stereocenters. The zero-order chi connectivity index (χ0) is 13.6. The van der Waals surface area contributed by atoms with Crippen LogP contribution in [0.15, 0.2) is 24.3 Å². The van der Waals surface area contributed by atoms with Crippen molar-refractivity contribution in [3.63, 3.8) is 0 Å². The number of hydrogen-bond donors (Lipinski definition) is 2. The third-order valence-electron chi connectivity index (χ3n) is 2.41. The Kier molecular flexibility index (Phi) is 5.58. The van der Waals surface area contributed by atoms with Crippen LogP contribution in [0.4, 0.5) is 5.69 Å². The van der Waals surface area contributed by atoms with Crippen molar-refractivity contribution in [2.75, 3.05) is 26.0 Å². The fraction of sp³-hybridized carbons (Fsp3) is 0.500. The summed E-state index contributed by atoms with van der Waals surface area (Å²) in [4.78, 5) is 0. The van der Waals surface area contributed by atoms with Gasteiger partial charge in [-0.3, -0.25) is 0 Å². The van der Waals surface area contributed by atoms with E-state index in [1.807, 2.05) is 6.92 Å². The number of benzene rings is 1. The smallest absolute Gasteiger partial charge is 0.215 e. The van der Waals surface area contributed by atoms with Crippen molar-refractivity contribution in [2.45, 2.75) is 12.7 Å². The second-order valence-electron chi connectivity index (χ2n) is 4.41. The summed E-state index contributed by atoms with van der Waals surface area (Å²) < 4.78 is 31.2. The Morgan fingerprint density at radius 1 is 1.44 bits per heavy atom. The molecule has 6 heteroatoms. The lowest BCUT2D eigenvalue weighted by Crippen LogP contribution is -2.31. The van der Waals surface area contributed by atoms with Crippen LogP contribution >= 0.6 is 0 Å². The van der Waals surface area contributed by atoms with Gasteiger partial charge in [-0.05, 0) is 23.6 Å². The van der Waals surface area contributed by atoms with Gasteiger partial charge in [-0.15, -0.1) is 0 Å². The molecule has 102 valence electrons. The predicted molar refractivity (Wildman–Crippen MR) is 72.5 cm³/mol. The second-order valence-corrected chi connectivity index (χ2v) is 6.22. The maximum absolute atomic E-state index is 11.8. The average Bonchev–Trinajstić information content (AvgIpc) is 2.26. The van der Waals surface area contributed by atoms with Crippen molar-refractivity contribution < 1.29 is 13.2 Å². The SMILES string of the molecule is COCC(C)CNS(=O)(=O)Cc1cccc(N)c1. The third kappa shape index (κ3) is 5.48. The van der Waals surface area contributed by atoms with Gasteiger partial charge in [0.15, 0.2) is 0 Å². The fourth-order valence-corrected chi connectivity index (χ4v) is 2.82. The first-order valence-corrected chi connectivity index (χ1v) is 7.39. The Morgan fingerprint density at radius 2 is 2.17 bits per heavy atom. The summed E-state index contributed by atoms with van der Waals surface area (Å²) in [6.07, 6.45) is 0. The molecule has 1 aromatic rings. The zero-order valence-corrected chi connectivity index (χ0v) is 11.5. The highest BCUT2D eigenvalue weighted by atomic mass is 32.2. The molecule has 1 aromatic carbocycles. The summed E-state index contributed by atoms with van der Waals surface area (Å²) in [5.74, 6) is 0.0863. The lowest BCUT2D eigenvalue weighted by atomic mass is 10.2. The molecule has 0 aromatic heterocycles. The fourth-order valence-electron chi connectivity index (χ4n) is 1.57. The van der Waals surface area contributed by atoms with Crippen LogP contribution in [0.5, 0.6) is 0 Å². The second kappa shape index (κ2) is 6.72. The number of nitrogens with one attached hydrogen (secondary N) is 1. The molecule has 1 rings (SSSR count). The number of anilines is 1. The van der Waals surface area contributed by atoms with E-state index in [1.54, 1.807) is 31.4 Å². The first-order valence-electron chi connectivity index (χ1n) is 5.73. The predicted octanol–water partition coefficient (Wildman–Crippen LogP) is 0.971. The number of nitrogens with two attached hydrogens (primary N) is 1. The minimum atomic E-state index is -3.33. The number of rotatable bonds is 7. The van der Waals surface area contributed by atoms with Gasteiger partial charge in [-0.2, -0.15) is 0 Å². The monoisotopic (exact) mass is 272 g/mol. The maximum Gasteiger partial charge on any atom is 0.215 e. The van der Waals surface area contributed by atoms with Crippen molar-refractivity contribution in [3.8, 4) is 0 Å². The van der Waals surface area contributed by atoms with Crippen LogP contribution in [0.2, 0.25) is 0 Å². The van der Waals surface area contributed by atoms with Crippen molar-refractivity contribution in [1.82, 2.24) is 4.72 Å². The van der Waals surface area contributed by atoms with E-state index in [9.17, 15) is 8.42 Å². The van der Waals surface area contributed by atoms with Gasteiger partial charge >= 0.3 is 0 Å². The van der Waals surface area contributed by atoms with Gasteiger partial charge in [0.05, 0.1) is 5.75 Å². The molecule has 3 N–H and O–H groups in total. The third-order valence-corrected chi connectivity index (χ3v) is 3.73. The molecule has 0 spiro atoms. The van der Waals surface area contributed by atoms with Gasteiger partial charge < -0.3 is 10.5 Å². The summed E-state index contributed by atoms with van der Waals surface area (Å²) in [6.45, 7) is 2.83. The van der Waals surface area contributed by atoms with Crippen LogP contribution in [0.25, 0.3) is 0 Å². The van der Waals surface area contributed by atoms with Crippen LogP contribution in [0, 0.1) is 5.92 Å². The molecule has 0 heterocycles. The van der Waals surface area contributed by atoms with E-state index in [4.69, 9.17) is 10.5 Å². The molecule has 0 bridgehead atoms. The van der Waals surface area contributed by atoms with E-state index < -0.39 is 10.0 Å². The molecule has 5 nitrogen and oxygen atoms in total. The molecule has 0 aliphatic heterocycles. The van der Waals surface area contributed by atoms with E-state index in [1.165, 1.54) is 0 Å². The van der Waals surface area contributed by atoms with E-state index in [0.29, 0.717) is 24.4 Å². The Labute approximate surface area is 108 Å². The first kappa shape index (κ1) is 14.9. The molecule has 0 aliphatic rings. The van der Waals surface area contributed by atoms with E-state index in [-0.39, 0.29) is 11.7 Å². The normalized spacial score (nSPS) is 13.4. The quantitative estimate of drug-likeness (QED) is 0.725. The van der Waals surface area contributed by atoms with E-state index >= 15 is 0 Å². The molecule has 0 radical (unpaired) electrons. The van der Waals surface area contributed by atoms with Gasteiger partial charge in [-0.1, -0.05) is 19.1 Å². The molecule has 0 amide bonds. The molecule has 18 heavy (non-hydrogen) atoms. The van der Waals surface area contributed by atoms with Crippen molar-refractivity contribution in [2.24, 2.45) is 5.92 Å². The minimum absolute atomic E-state index is 0.0578. The van der Waals surface area contributed by atoms with Crippen molar-refractivity contribution in [1.29, 1.82) is 0 Å². The van der Waals surface area contributed by atoms with Crippen LogP contribution in [0.3, 0.4) is 0 Å². The van der Waals surface area contributed by atoms with E-state index in [2.05, 4.69) is 4.72 Å². The van der Waals surface area contributed by atoms with Gasteiger partial charge in [0.25, 0.3) is 0 Å². The number of sulfonamides is 1. The average molecular weight is 272 g/mol. The molecule has 1 atom stereocenters. The number of hydrogen-bond acceptors (Lipinski definition) is 4. The van der Waals surface area contributed by atoms with Crippen LogP contribution in [-0.2, 0) is 20.5 Å². The largest absolute Gasteiger partial charge is 0.399 e. The lowest BCUT2D eigenvalue weighted by Gasteiger charge is -2.12. The Morgan fingerprint density at radius 3 is 2.78 bits per heavy atom. The summed E-state index contributed by atoms with van der Waals surface area (Å²) in [5, 5.41) is 0. The summed E-state index contributed by atoms with van der Waals surface area (Å²) in [6, 6.07) is 6.88. The molecule has 0 saturated heterocycles. The standard InChI is InChI=1S/C12H20N2O3S/c1-10(8-17-2)7-14-18(15,16)9-11-4-3-5-12(13)6-11/h3-6,10,14H,7-9,13H2,1-2H3. The number of nitrogen functional groups attached to an aromatic ring is 1. The first-order chi connectivity index (χ1) is 8.43. The molecular weight excluding hydrogens is 252 g/mol. The van der Waals surface area contributed by atoms with Crippen molar-refractivity contribution >= 4 is 15.7 Å². The van der Waals surface area contributed by atoms with Gasteiger partial charge in [0.1, 0.15) is 0 Å². The number of methoxy groups -OCH3 is 1. The molecule has 0 saturated carbocycles. The van der Waals surface area contributed by atoms with Crippen LogP contribution in [-0.4, -0.2) is 28.7 Å². The van der Waals surface area contributed by atoms with Gasteiger partial charge in [0.2, 0.25) is 10.0 Å². The number of ether oxygens (including phenoxy) is 1. The van der Waals surface area contributed by atoms with Crippen LogP contribution in [0.1, 0.15) is 12.5 Å². The summed E-state index contributed by atoms with van der Waals surface area (Å²) in [5.41, 5.74) is 6.85. The highest BCUT2D eigenvalue weighted by Gasteiger charge is 2.13. The Hall–Kier alpha value is -1.11.